The van der Waals surface area contributed by atoms with E-state index >= 15 is 0 Å². The summed E-state index contributed by atoms with van der Waals surface area (Å²) in [7, 11) is 1.66. The highest BCUT2D eigenvalue weighted by Crippen LogP contribution is 2.31. The number of hydrogen-bond acceptors (Lipinski definition) is 2. The number of benzene rings is 2. The second kappa shape index (κ2) is 7.13. The molecule has 0 aliphatic carbocycles. The van der Waals surface area contributed by atoms with Crippen LogP contribution in [-0.2, 0) is 12.8 Å². The Morgan fingerprint density at radius 1 is 1.14 bits per heavy atom. The Hall–Kier alpha value is -2.27. The van der Waals surface area contributed by atoms with E-state index in [1.165, 1.54) is 22.3 Å². The van der Waals surface area contributed by atoms with Crippen LogP contribution < -0.4 is 4.74 Å². The van der Waals surface area contributed by atoms with E-state index in [1.807, 2.05) is 6.07 Å². The molecule has 22 heavy (non-hydrogen) atoms. The third-order valence-electron chi connectivity index (χ3n) is 4.16. The quantitative estimate of drug-likeness (QED) is 0.798. The molecule has 0 aromatic heterocycles. The maximum absolute atomic E-state index is 9.68. The van der Waals surface area contributed by atoms with Crippen LogP contribution in [0.1, 0.15) is 40.7 Å². The lowest BCUT2D eigenvalue weighted by atomic mass is 9.89. The Balaban J connectivity index is 2.40. The Labute approximate surface area is 133 Å². The van der Waals surface area contributed by atoms with Crippen molar-refractivity contribution in [2.24, 2.45) is 0 Å². The Bertz CT molecular complexity index is 697. The molecular weight excluding hydrogens is 270 g/mol. The van der Waals surface area contributed by atoms with Gasteiger partial charge in [-0.2, -0.15) is 5.26 Å². The van der Waals surface area contributed by atoms with Crippen molar-refractivity contribution < 1.29 is 4.74 Å². The number of ether oxygens (including phenoxy) is 1. The molecule has 0 amide bonds. The fourth-order valence-corrected chi connectivity index (χ4v) is 2.74. The van der Waals surface area contributed by atoms with Crippen LogP contribution in [0.4, 0.5) is 0 Å². The number of hydrogen-bond donors (Lipinski definition) is 0. The van der Waals surface area contributed by atoms with Crippen LogP contribution in [0.3, 0.4) is 0 Å². The van der Waals surface area contributed by atoms with Gasteiger partial charge in [-0.15, -0.1) is 0 Å². The van der Waals surface area contributed by atoms with Crippen molar-refractivity contribution in [2.75, 3.05) is 7.11 Å². The highest BCUT2D eigenvalue weighted by Gasteiger charge is 2.18. The topological polar surface area (TPSA) is 33.0 Å². The molecule has 0 heterocycles. The Morgan fingerprint density at radius 3 is 2.55 bits per heavy atom. The first kappa shape index (κ1) is 16.1. The van der Waals surface area contributed by atoms with Crippen molar-refractivity contribution in [1.29, 1.82) is 5.26 Å². The summed E-state index contributed by atoms with van der Waals surface area (Å²) < 4.78 is 5.47. The van der Waals surface area contributed by atoms with Gasteiger partial charge in [0.1, 0.15) is 5.75 Å². The average molecular weight is 293 g/mol. The molecule has 0 saturated carbocycles. The summed E-state index contributed by atoms with van der Waals surface area (Å²) in [5.74, 6) is 0.607. The van der Waals surface area contributed by atoms with Gasteiger partial charge in [0.25, 0.3) is 0 Å². The van der Waals surface area contributed by atoms with Gasteiger partial charge in [-0.1, -0.05) is 42.8 Å². The first-order valence-corrected chi connectivity index (χ1v) is 7.71. The minimum absolute atomic E-state index is 0.193. The molecule has 0 spiro atoms. The predicted octanol–water partition coefficient (Wildman–Crippen LogP) is 4.72. The molecule has 2 aromatic carbocycles. The lowest BCUT2D eigenvalue weighted by Gasteiger charge is -2.16. The van der Waals surface area contributed by atoms with E-state index in [-0.39, 0.29) is 5.92 Å². The van der Waals surface area contributed by atoms with Crippen molar-refractivity contribution in [1.82, 2.24) is 0 Å². The van der Waals surface area contributed by atoms with Gasteiger partial charge in [-0.05, 0) is 49.4 Å². The van der Waals surface area contributed by atoms with E-state index in [0.29, 0.717) is 6.42 Å². The second-order valence-corrected chi connectivity index (χ2v) is 5.75. The van der Waals surface area contributed by atoms with Crippen molar-refractivity contribution in [2.45, 2.75) is 39.5 Å². The summed E-state index contributed by atoms with van der Waals surface area (Å²) >= 11 is 0. The van der Waals surface area contributed by atoms with E-state index in [0.717, 1.165) is 17.7 Å². The third kappa shape index (κ3) is 3.49. The highest BCUT2D eigenvalue weighted by molar-refractivity contribution is 5.44. The molecule has 114 valence electrons. The van der Waals surface area contributed by atoms with Gasteiger partial charge in [-0.25, -0.2) is 0 Å². The van der Waals surface area contributed by atoms with Crippen molar-refractivity contribution in [3.8, 4) is 11.8 Å². The van der Waals surface area contributed by atoms with Crippen LogP contribution in [-0.4, -0.2) is 7.11 Å². The van der Waals surface area contributed by atoms with E-state index in [4.69, 9.17) is 4.74 Å². The van der Waals surface area contributed by atoms with Crippen molar-refractivity contribution in [3.05, 3.63) is 64.2 Å². The minimum Gasteiger partial charge on any atom is -0.496 e. The summed E-state index contributed by atoms with van der Waals surface area (Å²) in [6.45, 7) is 6.31. The standard InChI is InChI=1S/C20H23NO/c1-5-16-8-9-20(22-4)19(11-16)18(13-21)12-17-10-14(2)6-7-15(17)3/h6-11,18H,5,12H2,1-4H3. The van der Waals surface area contributed by atoms with Crippen LogP contribution in [0, 0.1) is 25.2 Å². The number of rotatable bonds is 5. The van der Waals surface area contributed by atoms with Gasteiger partial charge >= 0.3 is 0 Å². The molecular formula is C20H23NO. The number of aryl methyl sites for hydroxylation is 3. The molecule has 0 bridgehead atoms. The van der Waals surface area contributed by atoms with Gasteiger partial charge in [-0.3, -0.25) is 0 Å². The van der Waals surface area contributed by atoms with E-state index < -0.39 is 0 Å². The zero-order valence-electron chi connectivity index (χ0n) is 13.8. The van der Waals surface area contributed by atoms with Gasteiger partial charge in [0.2, 0.25) is 0 Å². The maximum Gasteiger partial charge on any atom is 0.123 e. The molecule has 1 atom stereocenters. The molecule has 2 heteroatoms. The van der Waals surface area contributed by atoms with Gasteiger partial charge in [0, 0.05) is 5.56 Å². The first-order valence-electron chi connectivity index (χ1n) is 7.71. The number of methoxy groups -OCH3 is 1. The molecule has 0 aliphatic heterocycles. The number of nitriles is 1. The predicted molar refractivity (Wildman–Crippen MR) is 90.3 cm³/mol. The molecule has 2 aromatic rings. The summed E-state index contributed by atoms with van der Waals surface area (Å²) in [6.07, 6.45) is 1.67. The number of nitrogens with zero attached hydrogens (tertiary/aromatic N) is 1. The van der Waals surface area contributed by atoms with E-state index in [1.54, 1.807) is 7.11 Å². The van der Waals surface area contributed by atoms with Crippen LogP contribution >= 0.6 is 0 Å². The summed E-state index contributed by atoms with van der Waals surface area (Å²) in [5.41, 5.74) is 5.92. The molecule has 0 saturated heterocycles. The smallest absolute Gasteiger partial charge is 0.123 e. The zero-order valence-corrected chi connectivity index (χ0v) is 13.8. The largest absolute Gasteiger partial charge is 0.496 e. The van der Waals surface area contributed by atoms with Crippen LogP contribution in [0.15, 0.2) is 36.4 Å². The zero-order chi connectivity index (χ0) is 16.1. The lowest BCUT2D eigenvalue weighted by molar-refractivity contribution is 0.408. The molecule has 0 radical (unpaired) electrons. The van der Waals surface area contributed by atoms with E-state index in [2.05, 4.69) is 57.2 Å². The molecule has 0 N–H and O–H groups in total. The van der Waals surface area contributed by atoms with Crippen molar-refractivity contribution >= 4 is 0 Å². The van der Waals surface area contributed by atoms with Crippen LogP contribution in [0.5, 0.6) is 5.75 Å². The monoisotopic (exact) mass is 293 g/mol. The van der Waals surface area contributed by atoms with Crippen LogP contribution in [0.25, 0.3) is 0 Å². The third-order valence-corrected chi connectivity index (χ3v) is 4.16. The fraction of sp³-hybridized carbons (Fsp3) is 0.350. The van der Waals surface area contributed by atoms with E-state index in [9.17, 15) is 5.26 Å². The Kier molecular flexibility index (Phi) is 5.22. The highest BCUT2D eigenvalue weighted by atomic mass is 16.5. The Morgan fingerprint density at radius 2 is 1.91 bits per heavy atom. The molecule has 1 unspecified atom stereocenters. The summed E-state index contributed by atoms with van der Waals surface area (Å²) in [5, 5.41) is 9.68. The molecule has 0 fully saturated rings. The first-order chi connectivity index (χ1) is 10.6. The fourth-order valence-electron chi connectivity index (χ4n) is 2.74. The molecule has 2 rings (SSSR count). The van der Waals surface area contributed by atoms with Gasteiger partial charge < -0.3 is 4.74 Å². The SMILES string of the molecule is CCc1ccc(OC)c(C(C#N)Cc2cc(C)ccc2C)c1. The van der Waals surface area contributed by atoms with Gasteiger partial charge in [0.15, 0.2) is 0 Å². The molecule has 2 nitrogen and oxygen atoms in total. The minimum atomic E-state index is -0.193. The summed E-state index contributed by atoms with van der Waals surface area (Å²) in [6, 6.07) is 15.0. The van der Waals surface area contributed by atoms with Crippen molar-refractivity contribution in [3.63, 3.8) is 0 Å². The molecule has 0 aliphatic rings. The van der Waals surface area contributed by atoms with Crippen LogP contribution in [0.2, 0.25) is 0 Å². The summed E-state index contributed by atoms with van der Waals surface area (Å²) in [4.78, 5) is 0. The second-order valence-electron chi connectivity index (χ2n) is 5.75. The normalized spacial score (nSPS) is 11.8. The lowest BCUT2D eigenvalue weighted by Crippen LogP contribution is -2.05. The van der Waals surface area contributed by atoms with Gasteiger partial charge in [0.05, 0.1) is 19.1 Å². The maximum atomic E-state index is 9.68. The average Bonchev–Trinajstić information content (AvgIpc) is 2.55.